The summed E-state index contributed by atoms with van der Waals surface area (Å²) < 4.78 is 21.5. The van der Waals surface area contributed by atoms with Crippen molar-refractivity contribution in [2.45, 2.75) is 0 Å². The van der Waals surface area contributed by atoms with Crippen LogP contribution in [0.25, 0.3) is 104 Å². The summed E-state index contributed by atoms with van der Waals surface area (Å²) in [6, 6.07) is 48.8. The van der Waals surface area contributed by atoms with E-state index in [0.29, 0.717) is 0 Å². The minimum atomic E-state index is 0.827. The number of hydrogen-bond acceptors (Lipinski definition) is 3. The lowest BCUT2D eigenvalue weighted by Crippen LogP contribution is -1.93. The van der Waals surface area contributed by atoms with Crippen molar-refractivity contribution in [3.05, 3.63) is 140 Å². The number of benzene rings is 7. The molecule has 0 radical (unpaired) electrons. The highest BCUT2D eigenvalue weighted by Crippen LogP contribution is 2.42. The van der Waals surface area contributed by atoms with Crippen LogP contribution in [-0.2, 0) is 0 Å². The van der Waals surface area contributed by atoms with Crippen LogP contribution in [0.1, 0.15) is 0 Å². The lowest BCUT2D eigenvalue weighted by atomic mass is 10.0. The van der Waals surface area contributed by atoms with Crippen molar-refractivity contribution in [3.63, 3.8) is 0 Å². The maximum absolute atomic E-state index is 6.55. The fourth-order valence-electron chi connectivity index (χ4n) is 7.55. The first-order valence-corrected chi connectivity index (χ1v) is 15.5. The second kappa shape index (κ2) is 8.68. The van der Waals surface area contributed by atoms with Crippen LogP contribution in [0.15, 0.2) is 153 Å². The monoisotopic (exact) mass is 589 g/mol. The molecule has 4 nitrogen and oxygen atoms in total. The molecule has 0 atom stereocenters. The molecule has 7 aromatic carbocycles. The van der Waals surface area contributed by atoms with E-state index in [4.69, 9.17) is 13.3 Å². The van der Waals surface area contributed by atoms with Gasteiger partial charge < -0.3 is 17.8 Å². The third-order valence-corrected chi connectivity index (χ3v) is 9.61. The fraction of sp³-hybridized carbons (Fsp3) is 0. The van der Waals surface area contributed by atoms with Gasteiger partial charge in [-0.05, 0) is 54.1 Å². The van der Waals surface area contributed by atoms with Gasteiger partial charge in [-0.15, -0.1) is 0 Å². The zero-order chi connectivity index (χ0) is 29.9. The van der Waals surface area contributed by atoms with Crippen LogP contribution in [0.2, 0.25) is 0 Å². The first-order chi connectivity index (χ1) is 22.8. The minimum absolute atomic E-state index is 0.827. The smallest absolute Gasteiger partial charge is 0.145 e. The molecule has 0 saturated heterocycles. The first kappa shape index (κ1) is 24.1. The highest BCUT2D eigenvalue weighted by Gasteiger charge is 2.19. The van der Waals surface area contributed by atoms with E-state index < -0.39 is 0 Å². The van der Waals surface area contributed by atoms with Gasteiger partial charge in [0.25, 0.3) is 0 Å². The van der Waals surface area contributed by atoms with Crippen molar-refractivity contribution < 1.29 is 13.3 Å². The summed E-state index contributed by atoms with van der Waals surface area (Å²) in [6.45, 7) is 0. The molecule has 0 amide bonds. The molecule has 0 aliphatic heterocycles. The SMILES string of the molecule is c1ccc2c(c1)oc1cc3oc4c(-c5ccc(-n6c7ccccc7c7c8oc9ccccc9c8ccc76)cc5)cccc4c3cc12. The second-order valence-corrected chi connectivity index (χ2v) is 12.1. The number of para-hydroxylation sites is 4. The molecule has 0 aliphatic carbocycles. The van der Waals surface area contributed by atoms with Crippen LogP contribution in [-0.4, -0.2) is 4.57 Å². The van der Waals surface area contributed by atoms with E-state index >= 15 is 0 Å². The molecule has 0 spiro atoms. The molecule has 0 aliphatic rings. The number of furan rings is 3. The van der Waals surface area contributed by atoms with E-state index in [1.807, 2.05) is 30.3 Å². The normalized spacial score (nSPS) is 12.3. The Morgan fingerprint density at radius 3 is 1.85 bits per heavy atom. The predicted molar refractivity (Wildman–Crippen MR) is 188 cm³/mol. The van der Waals surface area contributed by atoms with E-state index in [2.05, 4.69) is 114 Å². The van der Waals surface area contributed by atoms with Gasteiger partial charge in [0.15, 0.2) is 0 Å². The zero-order valence-electron chi connectivity index (χ0n) is 24.5. The standard InChI is InChI=1S/C42H23NO3/c1-4-13-34-31(10-1)40-35(21-20-30-27-8-2-6-15-37(27)45-42(30)40)43(34)25-18-16-24(17-19-25)26-11-7-12-29-33-22-32-28-9-3-5-14-36(28)44-38(32)23-39(33)46-41(26)29/h1-23H. The van der Waals surface area contributed by atoms with Gasteiger partial charge in [-0.2, -0.15) is 0 Å². The molecule has 11 rings (SSSR count). The Labute approximate surface area is 261 Å². The van der Waals surface area contributed by atoms with Crippen LogP contribution >= 0.6 is 0 Å². The van der Waals surface area contributed by atoms with Gasteiger partial charge in [0, 0.05) is 55.0 Å². The number of fused-ring (bicyclic) bond motifs is 13. The highest BCUT2D eigenvalue weighted by molar-refractivity contribution is 6.24. The van der Waals surface area contributed by atoms with E-state index in [1.54, 1.807) is 0 Å². The minimum Gasteiger partial charge on any atom is -0.456 e. The molecule has 0 saturated carbocycles. The Morgan fingerprint density at radius 1 is 0.370 bits per heavy atom. The number of nitrogens with zero attached hydrogens (tertiary/aromatic N) is 1. The van der Waals surface area contributed by atoms with Crippen molar-refractivity contribution in [2.24, 2.45) is 0 Å². The molecule has 46 heavy (non-hydrogen) atoms. The molecule has 11 aromatic rings. The summed E-state index contributed by atoms with van der Waals surface area (Å²) >= 11 is 0. The van der Waals surface area contributed by atoms with Gasteiger partial charge in [0.05, 0.1) is 16.4 Å². The summed E-state index contributed by atoms with van der Waals surface area (Å²) in [5, 5.41) is 9.01. The third kappa shape index (κ3) is 3.12. The number of aromatic nitrogens is 1. The Kier molecular flexibility index (Phi) is 4.55. The molecule has 0 bridgehead atoms. The average Bonchev–Trinajstić information content (AvgIpc) is 3.85. The van der Waals surface area contributed by atoms with Gasteiger partial charge in [-0.25, -0.2) is 0 Å². The summed E-state index contributed by atoms with van der Waals surface area (Å²) in [6.07, 6.45) is 0. The van der Waals surface area contributed by atoms with Crippen LogP contribution in [0.3, 0.4) is 0 Å². The van der Waals surface area contributed by atoms with Crippen molar-refractivity contribution >= 4 is 87.6 Å². The summed E-state index contributed by atoms with van der Waals surface area (Å²) in [4.78, 5) is 0. The lowest BCUT2D eigenvalue weighted by molar-refractivity contribution is 0.656. The van der Waals surface area contributed by atoms with Gasteiger partial charge in [0.2, 0.25) is 0 Å². The molecule has 0 fully saturated rings. The van der Waals surface area contributed by atoms with Crippen molar-refractivity contribution in [1.29, 1.82) is 0 Å². The van der Waals surface area contributed by atoms with Gasteiger partial charge in [0.1, 0.15) is 33.5 Å². The van der Waals surface area contributed by atoms with E-state index in [-0.39, 0.29) is 0 Å². The maximum atomic E-state index is 6.55. The predicted octanol–water partition coefficient (Wildman–Crippen LogP) is 12.1. The van der Waals surface area contributed by atoms with Crippen LogP contribution in [0.5, 0.6) is 0 Å². The summed E-state index contributed by atoms with van der Waals surface area (Å²) in [5.41, 5.74) is 10.8. The van der Waals surface area contributed by atoms with Gasteiger partial charge in [-0.1, -0.05) is 84.9 Å². The van der Waals surface area contributed by atoms with Crippen molar-refractivity contribution in [2.75, 3.05) is 0 Å². The molecule has 4 aromatic heterocycles. The average molecular weight is 590 g/mol. The molecule has 4 heterocycles. The summed E-state index contributed by atoms with van der Waals surface area (Å²) in [7, 11) is 0. The molecule has 4 heteroatoms. The van der Waals surface area contributed by atoms with Gasteiger partial charge >= 0.3 is 0 Å². The van der Waals surface area contributed by atoms with Crippen molar-refractivity contribution in [3.8, 4) is 16.8 Å². The van der Waals surface area contributed by atoms with Crippen LogP contribution < -0.4 is 0 Å². The van der Waals surface area contributed by atoms with Crippen LogP contribution in [0.4, 0.5) is 0 Å². The maximum Gasteiger partial charge on any atom is 0.145 e. The van der Waals surface area contributed by atoms with E-state index in [0.717, 1.165) is 99.0 Å². The van der Waals surface area contributed by atoms with Crippen LogP contribution in [0, 0.1) is 0 Å². The van der Waals surface area contributed by atoms with Gasteiger partial charge in [-0.3, -0.25) is 0 Å². The molecular weight excluding hydrogens is 566 g/mol. The molecular formula is C42H23NO3. The quantitative estimate of drug-likeness (QED) is 0.201. The lowest BCUT2D eigenvalue weighted by Gasteiger charge is -2.09. The largest absolute Gasteiger partial charge is 0.456 e. The first-order valence-electron chi connectivity index (χ1n) is 15.5. The Bertz CT molecular complexity index is 3020. The summed E-state index contributed by atoms with van der Waals surface area (Å²) in [5.74, 6) is 0. The fourth-order valence-corrected chi connectivity index (χ4v) is 7.55. The number of rotatable bonds is 2. The zero-order valence-corrected chi connectivity index (χ0v) is 24.5. The molecule has 214 valence electrons. The van der Waals surface area contributed by atoms with Crippen molar-refractivity contribution in [1.82, 2.24) is 4.57 Å². The van der Waals surface area contributed by atoms with E-state index in [1.165, 1.54) is 5.39 Å². The molecule has 0 unspecified atom stereocenters. The topological polar surface area (TPSA) is 44.4 Å². The second-order valence-electron chi connectivity index (χ2n) is 12.1. The highest BCUT2D eigenvalue weighted by atomic mass is 16.3. The molecule has 0 N–H and O–H groups in total. The Hall–Kier alpha value is -6.26. The number of hydrogen-bond donors (Lipinski definition) is 0. The van der Waals surface area contributed by atoms with E-state index in [9.17, 15) is 0 Å². The Morgan fingerprint density at radius 2 is 1.00 bits per heavy atom. The Balaban J connectivity index is 1.09. The third-order valence-electron chi connectivity index (χ3n) is 9.61.